The second kappa shape index (κ2) is 4.31. The van der Waals surface area contributed by atoms with Gasteiger partial charge in [0.15, 0.2) is 11.5 Å². The number of hydrogen-bond acceptors (Lipinski definition) is 4. The quantitative estimate of drug-likeness (QED) is 0.679. The molecule has 1 aromatic carbocycles. The Morgan fingerprint density at radius 2 is 1.38 bits per heavy atom. The van der Waals surface area contributed by atoms with Crippen LogP contribution < -0.4 is 9.47 Å². The monoisotopic (exact) mass is 222 g/mol. The van der Waals surface area contributed by atoms with Crippen LogP contribution in [0, 0.1) is 0 Å². The van der Waals surface area contributed by atoms with E-state index >= 15 is 0 Å². The molecule has 16 heavy (non-hydrogen) atoms. The average Bonchev–Trinajstić information content (AvgIpc) is 3.17. The summed E-state index contributed by atoms with van der Waals surface area (Å²) in [5.74, 6) is 1.55. The van der Waals surface area contributed by atoms with Crippen molar-refractivity contribution in [1.29, 1.82) is 0 Å². The van der Waals surface area contributed by atoms with Gasteiger partial charge in [0.1, 0.15) is 25.4 Å². The SMILES string of the molecule is c1ccc(OCC2CO2)c(OCC2CO2)c1. The zero-order valence-corrected chi connectivity index (χ0v) is 8.93. The Morgan fingerprint density at radius 1 is 0.938 bits per heavy atom. The molecule has 0 amide bonds. The Morgan fingerprint density at radius 3 is 1.75 bits per heavy atom. The van der Waals surface area contributed by atoms with Crippen LogP contribution in [-0.4, -0.2) is 38.6 Å². The van der Waals surface area contributed by atoms with Gasteiger partial charge in [-0.05, 0) is 12.1 Å². The maximum Gasteiger partial charge on any atom is 0.161 e. The van der Waals surface area contributed by atoms with Crippen molar-refractivity contribution in [2.75, 3.05) is 26.4 Å². The molecule has 0 N–H and O–H groups in total. The Labute approximate surface area is 94.1 Å². The van der Waals surface area contributed by atoms with Gasteiger partial charge < -0.3 is 18.9 Å². The summed E-state index contributed by atoms with van der Waals surface area (Å²) in [6.45, 7) is 2.80. The largest absolute Gasteiger partial charge is 0.487 e. The number of epoxide rings is 2. The van der Waals surface area contributed by atoms with Crippen molar-refractivity contribution in [2.24, 2.45) is 0 Å². The second-order valence-electron chi connectivity index (χ2n) is 3.98. The number of para-hydroxylation sites is 2. The van der Waals surface area contributed by atoms with Crippen LogP contribution in [0.4, 0.5) is 0 Å². The Hall–Kier alpha value is -1.26. The van der Waals surface area contributed by atoms with Gasteiger partial charge in [0, 0.05) is 0 Å². The highest BCUT2D eigenvalue weighted by atomic mass is 16.6. The lowest BCUT2D eigenvalue weighted by Gasteiger charge is -2.10. The van der Waals surface area contributed by atoms with Crippen molar-refractivity contribution >= 4 is 0 Å². The Kier molecular flexibility index (Phi) is 2.68. The predicted molar refractivity (Wildman–Crippen MR) is 56.9 cm³/mol. The molecular weight excluding hydrogens is 208 g/mol. The molecule has 4 nitrogen and oxygen atoms in total. The van der Waals surface area contributed by atoms with Gasteiger partial charge in [-0.3, -0.25) is 0 Å². The molecule has 0 spiro atoms. The first kappa shape index (κ1) is 9.93. The first-order valence-electron chi connectivity index (χ1n) is 5.49. The zero-order chi connectivity index (χ0) is 10.8. The summed E-state index contributed by atoms with van der Waals surface area (Å²) in [6, 6.07) is 7.68. The van der Waals surface area contributed by atoms with Crippen LogP contribution in [0.3, 0.4) is 0 Å². The highest BCUT2D eigenvalue weighted by Crippen LogP contribution is 2.28. The molecule has 0 radical (unpaired) electrons. The first-order valence-corrected chi connectivity index (χ1v) is 5.49. The highest BCUT2D eigenvalue weighted by molar-refractivity contribution is 5.39. The molecule has 2 aliphatic rings. The summed E-state index contributed by atoms with van der Waals surface area (Å²) in [5.41, 5.74) is 0. The summed E-state index contributed by atoms with van der Waals surface area (Å²) in [6.07, 6.45) is 0.527. The molecule has 0 saturated carbocycles. The van der Waals surface area contributed by atoms with Gasteiger partial charge in [-0.15, -0.1) is 0 Å². The molecule has 0 bridgehead atoms. The van der Waals surface area contributed by atoms with Crippen LogP contribution in [0.1, 0.15) is 0 Å². The number of ether oxygens (including phenoxy) is 4. The van der Waals surface area contributed by atoms with Gasteiger partial charge in [0.2, 0.25) is 0 Å². The van der Waals surface area contributed by atoms with Gasteiger partial charge in [0.25, 0.3) is 0 Å². The van der Waals surface area contributed by atoms with Gasteiger partial charge in [-0.1, -0.05) is 12.1 Å². The maximum atomic E-state index is 5.62. The minimum atomic E-state index is 0.264. The van der Waals surface area contributed by atoms with Gasteiger partial charge in [-0.2, -0.15) is 0 Å². The van der Waals surface area contributed by atoms with E-state index in [1.54, 1.807) is 0 Å². The number of rotatable bonds is 6. The molecule has 0 aromatic heterocycles. The van der Waals surface area contributed by atoms with E-state index in [0.29, 0.717) is 13.2 Å². The van der Waals surface area contributed by atoms with E-state index in [4.69, 9.17) is 18.9 Å². The fourth-order valence-corrected chi connectivity index (χ4v) is 1.38. The zero-order valence-electron chi connectivity index (χ0n) is 8.93. The third kappa shape index (κ3) is 2.65. The number of hydrogen-bond donors (Lipinski definition) is 0. The summed E-state index contributed by atoms with van der Waals surface area (Å²) < 4.78 is 21.4. The van der Waals surface area contributed by atoms with Crippen molar-refractivity contribution < 1.29 is 18.9 Å². The summed E-state index contributed by atoms with van der Waals surface area (Å²) in [5, 5.41) is 0. The summed E-state index contributed by atoms with van der Waals surface area (Å²) in [7, 11) is 0. The summed E-state index contributed by atoms with van der Waals surface area (Å²) in [4.78, 5) is 0. The minimum Gasteiger partial charge on any atom is -0.487 e. The fourth-order valence-electron chi connectivity index (χ4n) is 1.38. The van der Waals surface area contributed by atoms with Crippen LogP contribution in [0.2, 0.25) is 0 Å². The lowest BCUT2D eigenvalue weighted by atomic mass is 10.3. The second-order valence-corrected chi connectivity index (χ2v) is 3.98. The molecule has 2 fully saturated rings. The van der Waals surface area contributed by atoms with Gasteiger partial charge >= 0.3 is 0 Å². The molecule has 2 saturated heterocycles. The molecule has 2 heterocycles. The Bertz CT molecular complexity index is 323. The van der Waals surface area contributed by atoms with Crippen molar-refractivity contribution in [3.8, 4) is 11.5 Å². The molecule has 0 aliphatic carbocycles. The van der Waals surface area contributed by atoms with Crippen LogP contribution >= 0.6 is 0 Å². The smallest absolute Gasteiger partial charge is 0.161 e. The topological polar surface area (TPSA) is 43.5 Å². The van der Waals surface area contributed by atoms with Crippen LogP contribution in [0.15, 0.2) is 24.3 Å². The minimum absolute atomic E-state index is 0.264. The van der Waals surface area contributed by atoms with Crippen molar-refractivity contribution in [2.45, 2.75) is 12.2 Å². The fraction of sp³-hybridized carbons (Fsp3) is 0.500. The van der Waals surface area contributed by atoms with Crippen molar-refractivity contribution in [3.63, 3.8) is 0 Å². The van der Waals surface area contributed by atoms with E-state index in [-0.39, 0.29) is 12.2 Å². The average molecular weight is 222 g/mol. The van der Waals surface area contributed by atoms with Gasteiger partial charge in [-0.25, -0.2) is 0 Å². The lowest BCUT2D eigenvalue weighted by molar-refractivity contribution is 0.228. The summed E-state index contributed by atoms with van der Waals surface area (Å²) >= 11 is 0. The molecule has 86 valence electrons. The van der Waals surface area contributed by atoms with E-state index in [0.717, 1.165) is 24.7 Å². The highest BCUT2D eigenvalue weighted by Gasteiger charge is 2.25. The molecule has 2 unspecified atom stereocenters. The standard InChI is InChI=1S/C12H14O4/c1-2-4-12(16-8-10-6-14-10)11(3-1)15-7-9-5-13-9/h1-4,9-10H,5-8H2. The van der Waals surface area contributed by atoms with Crippen molar-refractivity contribution in [3.05, 3.63) is 24.3 Å². The van der Waals surface area contributed by atoms with E-state index in [2.05, 4.69) is 0 Å². The normalized spacial score (nSPS) is 26.2. The first-order chi connectivity index (χ1) is 7.92. The molecular formula is C12H14O4. The molecule has 2 aliphatic heterocycles. The molecule has 1 aromatic rings. The lowest BCUT2D eigenvalue weighted by Crippen LogP contribution is -2.08. The maximum absolute atomic E-state index is 5.62. The Balaban J connectivity index is 1.58. The molecule has 3 rings (SSSR count). The van der Waals surface area contributed by atoms with Gasteiger partial charge in [0.05, 0.1) is 13.2 Å². The van der Waals surface area contributed by atoms with E-state index in [9.17, 15) is 0 Å². The van der Waals surface area contributed by atoms with Crippen LogP contribution in [-0.2, 0) is 9.47 Å². The van der Waals surface area contributed by atoms with Crippen LogP contribution in [0.5, 0.6) is 11.5 Å². The van der Waals surface area contributed by atoms with Crippen LogP contribution in [0.25, 0.3) is 0 Å². The molecule has 4 heteroatoms. The molecule has 2 atom stereocenters. The van der Waals surface area contributed by atoms with E-state index in [1.165, 1.54) is 0 Å². The van der Waals surface area contributed by atoms with E-state index in [1.807, 2.05) is 24.3 Å². The third-order valence-electron chi connectivity index (χ3n) is 2.50. The number of benzene rings is 1. The predicted octanol–water partition coefficient (Wildman–Crippen LogP) is 1.24. The van der Waals surface area contributed by atoms with E-state index < -0.39 is 0 Å². The van der Waals surface area contributed by atoms with Crippen molar-refractivity contribution in [1.82, 2.24) is 0 Å². The third-order valence-corrected chi connectivity index (χ3v) is 2.50.